The van der Waals surface area contributed by atoms with Crippen LogP contribution in [0.15, 0.2) is 48.5 Å². The molecular weight excluding hydrogens is 312 g/mol. The molecule has 1 aromatic heterocycles. The van der Waals surface area contributed by atoms with Crippen LogP contribution < -0.4 is 10.1 Å². The minimum absolute atomic E-state index is 0.868. The lowest BCUT2D eigenvalue weighted by Crippen LogP contribution is -2.44. The first-order chi connectivity index (χ1) is 12.3. The summed E-state index contributed by atoms with van der Waals surface area (Å²) in [6.07, 6.45) is 0. The zero-order valence-electron chi connectivity index (χ0n) is 14.6. The van der Waals surface area contributed by atoms with Crippen LogP contribution >= 0.6 is 0 Å². The number of nitrogens with zero attached hydrogens (tertiary/aromatic N) is 3. The maximum Gasteiger partial charge on any atom is 0.141 e. The Bertz CT molecular complexity index is 835. The van der Waals surface area contributed by atoms with Crippen LogP contribution in [-0.2, 0) is 6.54 Å². The number of piperazine rings is 1. The first kappa shape index (κ1) is 16.1. The van der Waals surface area contributed by atoms with E-state index in [1.54, 1.807) is 7.11 Å². The zero-order chi connectivity index (χ0) is 17.1. The van der Waals surface area contributed by atoms with Crippen LogP contribution in [0.5, 0.6) is 5.75 Å². The van der Waals surface area contributed by atoms with E-state index in [0.717, 1.165) is 61.9 Å². The molecule has 3 aromatic rings. The molecule has 1 fully saturated rings. The molecule has 0 radical (unpaired) electrons. The van der Waals surface area contributed by atoms with Crippen molar-refractivity contribution in [2.75, 3.05) is 39.8 Å². The average molecular weight is 336 g/mol. The second-order valence-electron chi connectivity index (χ2n) is 6.40. The van der Waals surface area contributed by atoms with Crippen LogP contribution in [0, 0.1) is 0 Å². The van der Waals surface area contributed by atoms with Crippen LogP contribution in [0.2, 0.25) is 0 Å². The van der Waals surface area contributed by atoms with Gasteiger partial charge >= 0.3 is 0 Å². The highest BCUT2D eigenvalue weighted by molar-refractivity contribution is 5.80. The molecule has 2 aromatic carbocycles. The Labute approximate surface area is 148 Å². The number of hydrogen-bond donors (Lipinski definition) is 1. The Morgan fingerprint density at radius 2 is 1.76 bits per heavy atom. The maximum atomic E-state index is 5.28. The van der Waals surface area contributed by atoms with Gasteiger partial charge in [0.2, 0.25) is 0 Å². The number of nitrogens with one attached hydrogen (secondary N) is 1. The van der Waals surface area contributed by atoms with Gasteiger partial charge in [0.15, 0.2) is 0 Å². The van der Waals surface area contributed by atoms with Gasteiger partial charge in [-0.3, -0.25) is 4.90 Å². The fourth-order valence-electron chi connectivity index (χ4n) is 3.44. The molecule has 1 aliphatic rings. The quantitative estimate of drug-likeness (QED) is 0.778. The van der Waals surface area contributed by atoms with Crippen LogP contribution in [-0.4, -0.2) is 54.3 Å². The maximum absolute atomic E-state index is 5.28. The Morgan fingerprint density at radius 3 is 2.52 bits per heavy atom. The van der Waals surface area contributed by atoms with Gasteiger partial charge in [-0.15, -0.1) is 0 Å². The number of imidazole rings is 1. The Hall–Kier alpha value is -2.37. The monoisotopic (exact) mass is 336 g/mol. The van der Waals surface area contributed by atoms with Crippen molar-refractivity contribution in [1.82, 2.24) is 19.8 Å². The van der Waals surface area contributed by atoms with Crippen molar-refractivity contribution in [3.63, 3.8) is 0 Å². The summed E-state index contributed by atoms with van der Waals surface area (Å²) in [6, 6.07) is 16.5. The lowest BCUT2D eigenvalue weighted by Gasteiger charge is -2.27. The minimum atomic E-state index is 0.868. The van der Waals surface area contributed by atoms with Crippen molar-refractivity contribution >= 4 is 11.0 Å². The van der Waals surface area contributed by atoms with Gasteiger partial charge in [0.25, 0.3) is 0 Å². The lowest BCUT2D eigenvalue weighted by atomic mass is 10.2. The predicted octanol–water partition coefficient (Wildman–Crippen LogP) is 2.62. The average Bonchev–Trinajstić information content (AvgIpc) is 3.06. The predicted molar refractivity (Wildman–Crippen MR) is 101 cm³/mol. The molecule has 1 aliphatic heterocycles. The Balaban J connectivity index is 1.67. The molecule has 5 heteroatoms. The Morgan fingerprint density at radius 1 is 1.00 bits per heavy atom. The number of rotatable bonds is 5. The third-order valence-corrected chi connectivity index (χ3v) is 4.85. The summed E-state index contributed by atoms with van der Waals surface area (Å²) >= 11 is 0. The van der Waals surface area contributed by atoms with Crippen molar-refractivity contribution in [1.29, 1.82) is 0 Å². The van der Waals surface area contributed by atoms with E-state index in [0.29, 0.717) is 0 Å². The third-order valence-electron chi connectivity index (χ3n) is 4.85. The summed E-state index contributed by atoms with van der Waals surface area (Å²) < 4.78 is 7.63. The van der Waals surface area contributed by atoms with Gasteiger partial charge in [0.1, 0.15) is 11.6 Å². The van der Waals surface area contributed by atoms with Gasteiger partial charge < -0.3 is 14.6 Å². The number of benzene rings is 2. The van der Waals surface area contributed by atoms with Gasteiger partial charge in [-0.1, -0.05) is 12.1 Å². The molecule has 0 spiro atoms. The highest BCUT2D eigenvalue weighted by Crippen LogP contribution is 2.26. The normalized spacial score (nSPS) is 15.6. The van der Waals surface area contributed by atoms with Gasteiger partial charge in [0.05, 0.1) is 18.1 Å². The number of fused-ring (bicyclic) bond motifs is 1. The molecule has 0 aliphatic carbocycles. The summed E-state index contributed by atoms with van der Waals surface area (Å²) in [6.45, 7) is 6.38. The number of ether oxygens (including phenoxy) is 1. The summed E-state index contributed by atoms with van der Waals surface area (Å²) in [5.74, 6) is 1.89. The first-order valence-electron chi connectivity index (χ1n) is 8.88. The van der Waals surface area contributed by atoms with E-state index >= 15 is 0 Å². The molecule has 0 saturated carbocycles. The largest absolute Gasteiger partial charge is 0.497 e. The fourth-order valence-corrected chi connectivity index (χ4v) is 3.44. The zero-order valence-corrected chi connectivity index (χ0v) is 14.6. The molecule has 0 unspecified atom stereocenters. The highest BCUT2D eigenvalue weighted by atomic mass is 16.5. The molecule has 130 valence electrons. The minimum Gasteiger partial charge on any atom is -0.497 e. The van der Waals surface area contributed by atoms with Crippen LogP contribution in [0.1, 0.15) is 0 Å². The van der Waals surface area contributed by atoms with E-state index in [-0.39, 0.29) is 0 Å². The number of para-hydroxylation sites is 2. The lowest BCUT2D eigenvalue weighted by molar-refractivity contribution is 0.233. The number of hydrogen-bond acceptors (Lipinski definition) is 4. The molecule has 2 heterocycles. The molecule has 1 saturated heterocycles. The third kappa shape index (κ3) is 3.38. The summed E-state index contributed by atoms with van der Waals surface area (Å²) in [5, 5.41) is 3.41. The van der Waals surface area contributed by atoms with Gasteiger partial charge in [-0.05, 0) is 36.4 Å². The standard InChI is InChI=1S/C20H24N4O/c1-25-17-8-6-16(7-9-17)20-22-18-4-2-3-5-19(18)24(20)15-14-23-12-10-21-11-13-23/h2-9,21H,10-15H2,1H3. The number of methoxy groups -OCH3 is 1. The Kier molecular flexibility index (Phi) is 4.68. The summed E-state index contributed by atoms with van der Waals surface area (Å²) in [5.41, 5.74) is 3.37. The van der Waals surface area contributed by atoms with Gasteiger partial charge in [-0.2, -0.15) is 0 Å². The second kappa shape index (κ2) is 7.25. The van der Waals surface area contributed by atoms with E-state index in [2.05, 4.69) is 45.1 Å². The second-order valence-corrected chi connectivity index (χ2v) is 6.40. The molecule has 5 nitrogen and oxygen atoms in total. The number of aromatic nitrogens is 2. The summed E-state index contributed by atoms with van der Waals surface area (Å²) in [4.78, 5) is 7.41. The van der Waals surface area contributed by atoms with Crippen molar-refractivity contribution in [2.45, 2.75) is 6.54 Å². The van der Waals surface area contributed by atoms with Crippen molar-refractivity contribution in [3.05, 3.63) is 48.5 Å². The van der Waals surface area contributed by atoms with Crippen LogP contribution in [0.3, 0.4) is 0 Å². The van der Waals surface area contributed by atoms with Crippen molar-refractivity contribution < 1.29 is 4.74 Å². The van der Waals surface area contributed by atoms with E-state index in [9.17, 15) is 0 Å². The molecule has 0 amide bonds. The van der Waals surface area contributed by atoms with E-state index in [1.165, 1.54) is 5.52 Å². The van der Waals surface area contributed by atoms with E-state index in [4.69, 9.17) is 9.72 Å². The van der Waals surface area contributed by atoms with Crippen molar-refractivity contribution in [3.8, 4) is 17.1 Å². The topological polar surface area (TPSA) is 42.3 Å². The van der Waals surface area contributed by atoms with Gasteiger partial charge in [-0.25, -0.2) is 4.98 Å². The molecule has 25 heavy (non-hydrogen) atoms. The first-order valence-corrected chi connectivity index (χ1v) is 8.88. The molecule has 1 N–H and O–H groups in total. The van der Waals surface area contributed by atoms with Crippen LogP contribution in [0.4, 0.5) is 0 Å². The molecular formula is C20H24N4O. The molecule has 0 bridgehead atoms. The fraction of sp³-hybridized carbons (Fsp3) is 0.350. The highest BCUT2D eigenvalue weighted by Gasteiger charge is 2.15. The summed E-state index contributed by atoms with van der Waals surface area (Å²) in [7, 11) is 1.69. The molecule has 0 atom stereocenters. The van der Waals surface area contributed by atoms with Crippen molar-refractivity contribution in [2.24, 2.45) is 0 Å². The SMILES string of the molecule is COc1ccc(-c2nc3ccccc3n2CCN2CCNCC2)cc1. The molecule has 4 rings (SSSR count). The smallest absolute Gasteiger partial charge is 0.141 e. The van der Waals surface area contributed by atoms with Crippen LogP contribution in [0.25, 0.3) is 22.4 Å². The van der Waals surface area contributed by atoms with E-state index in [1.807, 2.05) is 18.2 Å². The van der Waals surface area contributed by atoms with Gasteiger partial charge in [0, 0.05) is 44.8 Å². The van der Waals surface area contributed by atoms with E-state index < -0.39 is 0 Å².